The van der Waals surface area contributed by atoms with Gasteiger partial charge in [-0.05, 0) is 85.7 Å². The second-order valence-corrected chi connectivity index (χ2v) is 18.9. The molecule has 1 spiro atoms. The summed E-state index contributed by atoms with van der Waals surface area (Å²) in [7, 11) is -1.86. The van der Waals surface area contributed by atoms with Gasteiger partial charge >= 0.3 is 0 Å². The number of aliphatic hydroxyl groups excluding tert-OH is 2. The fourth-order valence-electron chi connectivity index (χ4n) is 8.81. The second-order valence-electron chi connectivity index (χ2n) is 14.1. The predicted octanol–water partition coefficient (Wildman–Crippen LogP) is 5.10. The molecule has 0 aromatic rings. The highest BCUT2D eigenvalue weighted by Gasteiger charge is 2.70. The fraction of sp³-hybridized carbons (Fsp3) is 1.00. The summed E-state index contributed by atoms with van der Waals surface area (Å²) in [4.78, 5) is 0. The van der Waals surface area contributed by atoms with Crippen LogP contribution in [0.2, 0.25) is 18.1 Å². The van der Waals surface area contributed by atoms with Crippen molar-refractivity contribution in [3.8, 4) is 0 Å². The third-order valence-electron chi connectivity index (χ3n) is 11.8. The molecule has 190 valence electrons. The van der Waals surface area contributed by atoms with E-state index in [1.54, 1.807) is 0 Å². The summed E-state index contributed by atoms with van der Waals surface area (Å²) >= 11 is 0. The lowest BCUT2D eigenvalue weighted by molar-refractivity contribution is -0.269. The fourth-order valence-corrected chi connectivity index (χ4v) is 10.2. The summed E-state index contributed by atoms with van der Waals surface area (Å²) in [6.45, 7) is 17.6. The first-order valence-corrected chi connectivity index (χ1v) is 16.5. The van der Waals surface area contributed by atoms with Gasteiger partial charge in [-0.25, -0.2) is 0 Å². The molecule has 4 saturated carbocycles. The van der Waals surface area contributed by atoms with Gasteiger partial charge in [0, 0.05) is 17.9 Å². The molecule has 0 aromatic heterocycles. The number of aliphatic hydroxyl groups is 2. The number of hydrogen-bond donors (Lipinski definition) is 2. The molecule has 2 N–H and O–H groups in total. The van der Waals surface area contributed by atoms with E-state index in [1.165, 1.54) is 0 Å². The SMILES string of the molecule is CC(C)(C)[Si](C)(C)OC1CC[C@]2(C)C3CC[C@@]4(C)C(CCC45OCCO5)C3[C@@H](O)[C@H](O)C2C1. The van der Waals surface area contributed by atoms with Gasteiger partial charge in [0.15, 0.2) is 14.1 Å². The standard InChI is InChI=1S/C27H48O5Si/c1-24(2,3)33(6,7)32-17-8-11-25(4)18-9-12-26(5)19(10-13-27(26)30-14-15-31-27)21(18)23(29)22(28)20(25)16-17/h17-23,28-29H,8-16H2,1-7H3/t17?,18?,19?,20?,21?,22-,23-,25-,26+/m1/s1. The maximum absolute atomic E-state index is 11.6. The zero-order valence-corrected chi connectivity index (χ0v) is 23.0. The molecule has 0 radical (unpaired) electrons. The van der Waals surface area contributed by atoms with Gasteiger partial charge in [-0.3, -0.25) is 0 Å². The molecular weight excluding hydrogens is 432 g/mol. The first-order chi connectivity index (χ1) is 15.3. The van der Waals surface area contributed by atoms with Crippen molar-refractivity contribution in [3.63, 3.8) is 0 Å². The molecule has 33 heavy (non-hydrogen) atoms. The van der Waals surface area contributed by atoms with Gasteiger partial charge in [0.05, 0.1) is 25.4 Å². The third kappa shape index (κ3) is 3.41. The lowest BCUT2D eigenvalue weighted by atomic mass is 9.43. The van der Waals surface area contributed by atoms with Crippen LogP contribution in [0.5, 0.6) is 0 Å². The predicted molar refractivity (Wildman–Crippen MR) is 131 cm³/mol. The van der Waals surface area contributed by atoms with Crippen molar-refractivity contribution in [2.45, 2.75) is 122 Å². The Morgan fingerprint density at radius 2 is 1.48 bits per heavy atom. The van der Waals surface area contributed by atoms with E-state index in [4.69, 9.17) is 13.9 Å². The van der Waals surface area contributed by atoms with E-state index in [9.17, 15) is 10.2 Å². The highest BCUT2D eigenvalue weighted by atomic mass is 28.4. The van der Waals surface area contributed by atoms with Gasteiger partial charge in [-0.15, -0.1) is 0 Å². The molecule has 1 heterocycles. The second kappa shape index (κ2) is 7.76. The maximum atomic E-state index is 11.6. The van der Waals surface area contributed by atoms with E-state index in [0.717, 1.165) is 44.9 Å². The molecule has 5 nitrogen and oxygen atoms in total. The topological polar surface area (TPSA) is 68.2 Å². The molecule has 5 rings (SSSR count). The summed E-state index contributed by atoms with van der Waals surface area (Å²) < 4.78 is 19.3. The minimum Gasteiger partial charge on any atom is -0.414 e. The summed E-state index contributed by atoms with van der Waals surface area (Å²) in [5, 5.41) is 23.3. The van der Waals surface area contributed by atoms with Gasteiger partial charge in [0.25, 0.3) is 0 Å². The minimum atomic E-state index is -1.86. The monoisotopic (exact) mass is 480 g/mol. The van der Waals surface area contributed by atoms with E-state index < -0.39 is 26.3 Å². The molecule has 1 aliphatic heterocycles. The summed E-state index contributed by atoms with van der Waals surface area (Å²) in [5.41, 5.74) is -0.0116. The molecule has 4 aliphatic carbocycles. The van der Waals surface area contributed by atoms with Crippen molar-refractivity contribution < 1.29 is 24.1 Å². The van der Waals surface area contributed by atoms with Gasteiger partial charge in [0.1, 0.15) is 0 Å². The summed E-state index contributed by atoms with van der Waals surface area (Å²) in [5.74, 6) is 0.558. The molecule has 0 bridgehead atoms. The molecule has 5 unspecified atom stereocenters. The van der Waals surface area contributed by atoms with E-state index in [1.807, 2.05) is 0 Å². The minimum absolute atomic E-state index is 0.0606. The van der Waals surface area contributed by atoms with E-state index >= 15 is 0 Å². The smallest absolute Gasteiger partial charge is 0.192 e. The molecule has 5 aliphatic rings. The number of ether oxygens (including phenoxy) is 2. The molecule has 1 saturated heterocycles. The van der Waals surface area contributed by atoms with Crippen molar-refractivity contribution in [2.75, 3.05) is 13.2 Å². The Bertz CT molecular complexity index is 758. The van der Waals surface area contributed by atoms with Gasteiger partial charge < -0.3 is 24.1 Å². The van der Waals surface area contributed by atoms with Crippen LogP contribution in [-0.2, 0) is 13.9 Å². The van der Waals surface area contributed by atoms with E-state index in [-0.39, 0.29) is 33.8 Å². The van der Waals surface area contributed by atoms with Crippen LogP contribution < -0.4 is 0 Å². The van der Waals surface area contributed by atoms with Crippen molar-refractivity contribution in [1.82, 2.24) is 0 Å². The van der Waals surface area contributed by atoms with Crippen molar-refractivity contribution >= 4 is 8.32 Å². The highest BCUT2D eigenvalue weighted by Crippen LogP contribution is 2.69. The maximum Gasteiger partial charge on any atom is 0.192 e. The Balaban J connectivity index is 1.39. The lowest BCUT2D eigenvalue weighted by Gasteiger charge is -2.64. The Labute approximate surface area is 202 Å². The van der Waals surface area contributed by atoms with Crippen molar-refractivity contribution in [1.29, 1.82) is 0 Å². The summed E-state index contributed by atoms with van der Waals surface area (Å²) in [6.07, 6.45) is 6.03. The van der Waals surface area contributed by atoms with Gasteiger partial charge in [-0.2, -0.15) is 0 Å². The Morgan fingerprint density at radius 1 is 0.848 bits per heavy atom. The average Bonchev–Trinajstić information content (AvgIpc) is 3.32. The molecule has 6 heteroatoms. The zero-order valence-electron chi connectivity index (χ0n) is 22.0. The Morgan fingerprint density at radius 3 is 2.12 bits per heavy atom. The highest BCUT2D eigenvalue weighted by molar-refractivity contribution is 6.74. The lowest BCUT2D eigenvalue weighted by Crippen LogP contribution is -2.65. The molecule has 0 amide bonds. The van der Waals surface area contributed by atoms with E-state index in [2.05, 4.69) is 47.7 Å². The van der Waals surface area contributed by atoms with Crippen molar-refractivity contribution in [3.05, 3.63) is 0 Å². The van der Waals surface area contributed by atoms with Crippen molar-refractivity contribution in [2.24, 2.45) is 34.5 Å². The Kier molecular flexibility index (Phi) is 5.81. The molecule has 5 fully saturated rings. The van der Waals surface area contributed by atoms with Crippen LogP contribution in [-0.4, -0.2) is 55.8 Å². The van der Waals surface area contributed by atoms with Crippen LogP contribution in [0.1, 0.15) is 79.6 Å². The molecule has 0 aromatic carbocycles. The van der Waals surface area contributed by atoms with Crippen LogP contribution in [0.3, 0.4) is 0 Å². The first-order valence-electron chi connectivity index (χ1n) is 13.6. The zero-order chi connectivity index (χ0) is 24.0. The first kappa shape index (κ1) is 24.7. The van der Waals surface area contributed by atoms with Gasteiger partial charge in [-0.1, -0.05) is 34.6 Å². The largest absolute Gasteiger partial charge is 0.414 e. The normalized spacial score (nSPS) is 49.5. The van der Waals surface area contributed by atoms with Crippen LogP contribution >= 0.6 is 0 Å². The number of hydrogen-bond acceptors (Lipinski definition) is 5. The van der Waals surface area contributed by atoms with Crippen LogP contribution in [0.4, 0.5) is 0 Å². The van der Waals surface area contributed by atoms with E-state index in [0.29, 0.717) is 25.0 Å². The van der Waals surface area contributed by atoms with Crippen LogP contribution in [0, 0.1) is 34.5 Å². The third-order valence-corrected chi connectivity index (χ3v) is 16.3. The van der Waals surface area contributed by atoms with Crippen LogP contribution in [0.15, 0.2) is 0 Å². The molecule has 9 atom stereocenters. The number of fused-ring (bicyclic) bond motifs is 6. The molecular formula is C27H48O5Si. The van der Waals surface area contributed by atoms with Gasteiger partial charge in [0.2, 0.25) is 0 Å². The Hall–Kier alpha value is 0.0169. The number of rotatable bonds is 2. The summed E-state index contributed by atoms with van der Waals surface area (Å²) in [6, 6.07) is 0. The quantitative estimate of drug-likeness (QED) is 0.538. The van der Waals surface area contributed by atoms with Crippen LogP contribution in [0.25, 0.3) is 0 Å². The average molecular weight is 481 g/mol.